The molecule has 0 saturated carbocycles. The Hall–Kier alpha value is -2.04. The van der Waals surface area contributed by atoms with Gasteiger partial charge in [-0.25, -0.2) is 0 Å². The van der Waals surface area contributed by atoms with Crippen molar-refractivity contribution in [2.24, 2.45) is 5.92 Å². The van der Waals surface area contributed by atoms with E-state index in [1.165, 1.54) is 0 Å². The van der Waals surface area contributed by atoms with Crippen molar-refractivity contribution in [3.05, 3.63) is 38.9 Å². The van der Waals surface area contributed by atoms with Gasteiger partial charge in [0, 0.05) is 11.7 Å². The van der Waals surface area contributed by atoms with Gasteiger partial charge >= 0.3 is 0 Å². The standard InChI is InChI=1S/C14H19N3O2/c1-4-8(2)9(3)15-11-7-5-6-10-12(11)14(19)17-16-13(10)18/h5-9,15H,4H2,1-3H3,(H,16,18)(H,17,19). The molecule has 0 saturated heterocycles. The Balaban J connectivity index is 2.53. The maximum Gasteiger partial charge on any atom is 0.272 e. The Labute approximate surface area is 111 Å². The van der Waals surface area contributed by atoms with Gasteiger partial charge in [-0.2, -0.15) is 0 Å². The minimum Gasteiger partial charge on any atom is -0.382 e. The first-order chi connectivity index (χ1) is 9.04. The lowest BCUT2D eigenvalue weighted by Crippen LogP contribution is -2.25. The average molecular weight is 261 g/mol. The molecule has 2 aromatic rings. The molecular weight excluding hydrogens is 242 g/mol. The largest absolute Gasteiger partial charge is 0.382 e. The van der Waals surface area contributed by atoms with Crippen LogP contribution in [0.15, 0.2) is 27.8 Å². The Morgan fingerprint density at radius 2 is 1.84 bits per heavy atom. The molecule has 0 amide bonds. The van der Waals surface area contributed by atoms with E-state index >= 15 is 0 Å². The highest BCUT2D eigenvalue weighted by Crippen LogP contribution is 2.20. The van der Waals surface area contributed by atoms with Crippen LogP contribution in [0.4, 0.5) is 5.69 Å². The quantitative estimate of drug-likeness (QED) is 0.788. The molecule has 0 fully saturated rings. The van der Waals surface area contributed by atoms with Gasteiger partial charge in [-0.1, -0.05) is 26.3 Å². The number of anilines is 1. The van der Waals surface area contributed by atoms with E-state index in [-0.39, 0.29) is 17.2 Å². The molecule has 5 nitrogen and oxygen atoms in total. The van der Waals surface area contributed by atoms with Crippen LogP contribution in [0.25, 0.3) is 10.8 Å². The van der Waals surface area contributed by atoms with Gasteiger partial charge in [0.15, 0.2) is 0 Å². The van der Waals surface area contributed by atoms with Crippen LogP contribution in [0.5, 0.6) is 0 Å². The van der Waals surface area contributed by atoms with Crippen LogP contribution >= 0.6 is 0 Å². The molecule has 0 spiro atoms. The molecule has 102 valence electrons. The fourth-order valence-electron chi connectivity index (χ4n) is 2.09. The highest BCUT2D eigenvalue weighted by molar-refractivity contribution is 5.92. The number of aromatic amines is 2. The molecule has 0 radical (unpaired) electrons. The molecule has 2 atom stereocenters. The van der Waals surface area contributed by atoms with Crippen LogP contribution in [0.1, 0.15) is 27.2 Å². The molecule has 0 bridgehead atoms. The van der Waals surface area contributed by atoms with Crippen molar-refractivity contribution >= 4 is 16.5 Å². The van der Waals surface area contributed by atoms with E-state index in [0.717, 1.165) is 6.42 Å². The summed E-state index contributed by atoms with van der Waals surface area (Å²) in [6, 6.07) is 5.50. The molecule has 3 N–H and O–H groups in total. The minimum atomic E-state index is -0.283. The van der Waals surface area contributed by atoms with Gasteiger partial charge in [0.05, 0.1) is 10.8 Å². The van der Waals surface area contributed by atoms with Gasteiger partial charge < -0.3 is 5.32 Å². The molecule has 1 heterocycles. The van der Waals surface area contributed by atoms with Gasteiger partial charge in [0.25, 0.3) is 11.1 Å². The predicted molar refractivity (Wildman–Crippen MR) is 77.7 cm³/mol. The predicted octanol–water partition coefficient (Wildman–Crippen LogP) is 2.06. The fourth-order valence-corrected chi connectivity index (χ4v) is 2.09. The molecule has 1 aromatic carbocycles. The van der Waals surface area contributed by atoms with Crippen molar-refractivity contribution < 1.29 is 0 Å². The number of nitrogens with one attached hydrogen (secondary N) is 3. The lowest BCUT2D eigenvalue weighted by atomic mass is 10.00. The first-order valence-electron chi connectivity index (χ1n) is 6.54. The molecule has 2 unspecified atom stereocenters. The number of fused-ring (bicyclic) bond motifs is 1. The third-order valence-corrected chi connectivity index (χ3v) is 3.71. The van der Waals surface area contributed by atoms with E-state index in [1.807, 2.05) is 6.07 Å². The number of hydrogen-bond donors (Lipinski definition) is 3. The molecule has 2 rings (SSSR count). The van der Waals surface area contributed by atoms with Gasteiger partial charge in [-0.15, -0.1) is 0 Å². The summed E-state index contributed by atoms with van der Waals surface area (Å²) in [5.74, 6) is 0.483. The number of H-pyrrole nitrogens is 2. The summed E-state index contributed by atoms with van der Waals surface area (Å²) in [4.78, 5) is 23.6. The summed E-state index contributed by atoms with van der Waals surface area (Å²) in [7, 11) is 0. The van der Waals surface area contributed by atoms with Crippen molar-refractivity contribution in [3.8, 4) is 0 Å². The highest BCUT2D eigenvalue weighted by Gasteiger charge is 2.13. The Kier molecular flexibility index (Phi) is 3.74. The van der Waals surface area contributed by atoms with Crippen molar-refractivity contribution in [1.82, 2.24) is 10.2 Å². The van der Waals surface area contributed by atoms with Crippen molar-refractivity contribution in [2.45, 2.75) is 33.2 Å². The number of aromatic nitrogens is 2. The van der Waals surface area contributed by atoms with E-state index in [2.05, 4.69) is 36.3 Å². The zero-order valence-electron chi connectivity index (χ0n) is 11.4. The summed E-state index contributed by atoms with van der Waals surface area (Å²) in [6.45, 7) is 6.36. The normalized spacial score (nSPS) is 14.3. The lowest BCUT2D eigenvalue weighted by molar-refractivity contribution is 0.495. The number of hydrogen-bond acceptors (Lipinski definition) is 3. The van der Waals surface area contributed by atoms with Gasteiger partial charge in [-0.05, 0) is 25.0 Å². The lowest BCUT2D eigenvalue weighted by Gasteiger charge is -2.21. The van der Waals surface area contributed by atoms with E-state index in [1.54, 1.807) is 12.1 Å². The molecule has 0 aliphatic carbocycles. The smallest absolute Gasteiger partial charge is 0.272 e. The van der Waals surface area contributed by atoms with Gasteiger partial charge in [-0.3, -0.25) is 19.8 Å². The second kappa shape index (κ2) is 5.30. The third kappa shape index (κ3) is 2.54. The zero-order chi connectivity index (χ0) is 14.0. The van der Waals surface area contributed by atoms with Crippen LogP contribution in [0.2, 0.25) is 0 Å². The summed E-state index contributed by atoms with van der Waals surface area (Å²) in [6.07, 6.45) is 1.05. The fraction of sp³-hybridized carbons (Fsp3) is 0.429. The summed E-state index contributed by atoms with van der Waals surface area (Å²) < 4.78 is 0. The van der Waals surface area contributed by atoms with Gasteiger partial charge in [0.2, 0.25) is 0 Å². The van der Waals surface area contributed by atoms with Crippen LogP contribution in [0, 0.1) is 5.92 Å². The zero-order valence-corrected chi connectivity index (χ0v) is 11.4. The topological polar surface area (TPSA) is 77.8 Å². The number of benzene rings is 1. The van der Waals surface area contributed by atoms with E-state index in [0.29, 0.717) is 22.4 Å². The van der Waals surface area contributed by atoms with Crippen molar-refractivity contribution in [1.29, 1.82) is 0 Å². The molecular formula is C14H19N3O2. The van der Waals surface area contributed by atoms with Crippen molar-refractivity contribution in [2.75, 3.05) is 5.32 Å². The van der Waals surface area contributed by atoms with Crippen LogP contribution in [-0.4, -0.2) is 16.2 Å². The van der Waals surface area contributed by atoms with Crippen LogP contribution in [-0.2, 0) is 0 Å². The molecule has 0 aliphatic rings. The van der Waals surface area contributed by atoms with Crippen LogP contribution in [0.3, 0.4) is 0 Å². The third-order valence-electron chi connectivity index (χ3n) is 3.71. The Morgan fingerprint density at radius 3 is 2.53 bits per heavy atom. The maximum atomic E-state index is 11.9. The number of rotatable bonds is 4. The summed E-state index contributed by atoms with van der Waals surface area (Å²) in [5, 5.41) is 8.86. The molecule has 5 heteroatoms. The Morgan fingerprint density at radius 1 is 1.16 bits per heavy atom. The average Bonchev–Trinajstić information content (AvgIpc) is 2.42. The maximum absolute atomic E-state index is 11.9. The second-order valence-corrected chi connectivity index (χ2v) is 4.95. The Bertz CT molecular complexity index is 687. The highest BCUT2D eigenvalue weighted by atomic mass is 16.1. The second-order valence-electron chi connectivity index (χ2n) is 4.95. The summed E-state index contributed by atoms with van der Waals surface area (Å²) in [5.41, 5.74) is 0.140. The first kappa shape index (κ1) is 13.4. The molecule has 1 aromatic heterocycles. The van der Waals surface area contributed by atoms with Gasteiger partial charge in [0.1, 0.15) is 0 Å². The SMILES string of the molecule is CCC(C)C(C)Nc1cccc2c(=O)[nH][nH]c(=O)c12. The monoisotopic (exact) mass is 261 g/mol. The van der Waals surface area contributed by atoms with Crippen LogP contribution < -0.4 is 16.4 Å². The summed E-state index contributed by atoms with van der Waals surface area (Å²) >= 11 is 0. The molecule has 0 aliphatic heterocycles. The van der Waals surface area contributed by atoms with E-state index in [4.69, 9.17) is 0 Å². The molecule has 19 heavy (non-hydrogen) atoms. The van der Waals surface area contributed by atoms with Crippen molar-refractivity contribution in [3.63, 3.8) is 0 Å². The van der Waals surface area contributed by atoms with E-state index in [9.17, 15) is 9.59 Å². The first-order valence-corrected chi connectivity index (χ1v) is 6.54. The van der Waals surface area contributed by atoms with E-state index < -0.39 is 0 Å². The minimum absolute atomic E-state index is 0.231.